The monoisotopic (exact) mass is 434 g/mol. The molecule has 2 rings (SSSR count). The van der Waals surface area contributed by atoms with E-state index < -0.39 is 0 Å². The van der Waals surface area contributed by atoms with Crippen molar-refractivity contribution in [3.63, 3.8) is 0 Å². The maximum absolute atomic E-state index is 5.72. The fraction of sp³-hybridized carbons (Fsp3) is 0.308. The highest BCUT2D eigenvalue weighted by molar-refractivity contribution is 14.1. The predicted molar refractivity (Wildman–Crippen MR) is 88.5 cm³/mol. The molecule has 102 valence electrons. The van der Waals surface area contributed by atoms with Gasteiger partial charge < -0.3 is 0 Å². The molecule has 0 fully saturated rings. The standard InChI is InChI=1S/C13H16BrIN4/c1-2-19-8-9(7-17-19)5-13(18-16)11-6-10(14)3-4-12(11)15/h3-4,6-8,13,18H,2,5,16H2,1H3. The number of aromatic nitrogens is 2. The summed E-state index contributed by atoms with van der Waals surface area (Å²) in [5.74, 6) is 5.72. The number of hydrazine groups is 1. The molecule has 0 aliphatic rings. The van der Waals surface area contributed by atoms with Gasteiger partial charge in [-0.3, -0.25) is 16.0 Å². The summed E-state index contributed by atoms with van der Waals surface area (Å²) in [4.78, 5) is 0. The predicted octanol–water partition coefficient (Wildman–Crippen LogP) is 3.02. The molecule has 4 nitrogen and oxygen atoms in total. The molecule has 2 aromatic rings. The zero-order chi connectivity index (χ0) is 13.8. The molecule has 1 atom stereocenters. The molecule has 1 heterocycles. The average molecular weight is 435 g/mol. The second-order valence-electron chi connectivity index (χ2n) is 4.29. The molecular weight excluding hydrogens is 419 g/mol. The molecule has 0 saturated heterocycles. The number of nitrogens with two attached hydrogens (primary N) is 1. The highest BCUT2D eigenvalue weighted by atomic mass is 127. The minimum Gasteiger partial charge on any atom is -0.273 e. The summed E-state index contributed by atoms with van der Waals surface area (Å²) in [5, 5.41) is 4.29. The number of hydrogen-bond acceptors (Lipinski definition) is 3. The van der Waals surface area contributed by atoms with Crippen LogP contribution in [0, 0.1) is 3.57 Å². The average Bonchev–Trinajstić information content (AvgIpc) is 2.87. The van der Waals surface area contributed by atoms with E-state index in [1.54, 1.807) is 0 Å². The summed E-state index contributed by atoms with van der Waals surface area (Å²) in [7, 11) is 0. The molecule has 0 amide bonds. The van der Waals surface area contributed by atoms with E-state index in [0.29, 0.717) is 0 Å². The van der Waals surface area contributed by atoms with Crippen molar-refractivity contribution in [2.24, 2.45) is 5.84 Å². The van der Waals surface area contributed by atoms with Gasteiger partial charge in [-0.2, -0.15) is 5.10 Å². The van der Waals surface area contributed by atoms with E-state index in [-0.39, 0.29) is 6.04 Å². The Morgan fingerprint density at radius 2 is 2.32 bits per heavy atom. The SMILES string of the molecule is CCn1cc(CC(NN)c2cc(Br)ccc2I)cn1. The van der Waals surface area contributed by atoms with Crippen LogP contribution in [0.2, 0.25) is 0 Å². The molecule has 6 heteroatoms. The van der Waals surface area contributed by atoms with Gasteiger partial charge in [0.2, 0.25) is 0 Å². The first-order valence-corrected chi connectivity index (χ1v) is 7.93. The lowest BCUT2D eigenvalue weighted by molar-refractivity contribution is 0.549. The highest BCUT2D eigenvalue weighted by Crippen LogP contribution is 2.26. The Bertz CT molecular complexity index is 555. The number of benzene rings is 1. The maximum Gasteiger partial charge on any atom is 0.0522 e. The molecule has 1 aromatic heterocycles. The number of nitrogens with one attached hydrogen (secondary N) is 1. The van der Waals surface area contributed by atoms with Gasteiger partial charge in [0.05, 0.1) is 12.2 Å². The normalized spacial score (nSPS) is 12.6. The quantitative estimate of drug-likeness (QED) is 0.432. The highest BCUT2D eigenvalue weighted by Gasteiger charge is 2.15. The van der Waals surface area contributed by atoms with Gasteiger partial charge in [0.1, 0.15) is 0 Å². The van der Waals surface area contributed by atoms with Crippen LogP contribution in [0.3, 0.4) is 0 Å². The lowest BCUT2D eigenvalue weighted by atomic mass is 10.0. The van der Waals surface area contributed by atoms with Crippen LogP contribution in [0.4, 0.5) is 0 Å². The van der Waals surface area contributed by atoms with Crippen molar-refractivity contribution in [3.8, 4) is 0 Å². The fourth-order valence-corrected chi connectivity index (χ4v) is 3.05. The first-order valence-electron chi connectivity index (χ1n) is 6.06. The van der Waals surface area contributed by atoms with E-state index in [1.807, 2.05) is 16.9 Å². The van der Waals surface area contributed by atoms with E-state index >= 15 is 0 Å². The van der Waals surface area contributed by atoms with Gasteiger partial charge >= 0.3 is 0 Å². The van der Waals surface area contributed by atoms with Crippen LogP contribution in [0.5, 0.6) is 0 Å². The summed E-state index contributed by atoms with van der Waals surface area (Å²) in [6.45, 7) is 2.96. The van der Waals surface area contributed by atoms with Gasteiger partial charge in [0.15, 0.2) is 0 Å². The van der Waals surface area contributed by atoms with Crippen molar-refractivity contribution < 1.29 is 0 Å². The van der Waals surface area contributed by atoms with Crippen molar-refractivity contribution in [1.82, 2.24) is 15.2 Å². The molecule has 0 spiro atoms. The van der Waals surface area contributed by atoms with E-state index in [0.717, 1.165) is 17.4 Å². The second kappa shape index (κ2) is 6.83. The first kappa shape index (κ1) is 15.0. The third-order valence-corrected chi connectivity index (χ3v) is 4.46. The summed E-state index contributed by atoms with van der Waals surface area (Å²) < 4.78 is 4.19. The van der Waals surface area contributed by atoms with E-state index in [1.165, 1.54) is 14.7 Å². The van der Waals surface area contributed by atoms with Crippen LogP contribution in [-0.4, -0.2) is 9.78 Å². The third-order valence-electron chi connectivity index (χ3n) is 2.99. The zero-order valence-corrected chi connectivity index (χ0v) is 14.3. The van der Waals surface area contributed by atoms with Crippen molar-refractivity contribution in [2.45, 2.75) is 25.9 Å². The second-order valence-corrected chi connectivity index (χ2v) is 6.37. The zero-order valence-electron chi connectivity index (χ0n) is 10.6. The Morgan fingerprint density at radius 1 is 1.53 bits per heavy atom. The number of nitrogens with zero attached hydrogens (tertiary/aromatic N) is 2. The molecule has 19 heavy (non-hydrogen) atoms. The smallest absolute Gasteiger partial charge is 0.0522 e. The molecule has 1 aromatic carbocycles. The van der Waals surface area contributed by atoms with Gasteiger partial charge in [-0.25, -0.2) is 0 Å². The number of halogens is 2. The Hall–Kier alpha value is -0.440. The Balaban J connectivity index is 2.22. The van der Waals surface area contributed by atoms with Gasteiger partial charge in [-0.15, -0.1) is 0 Å². The molecule has 0 saturated carbocycles. The number of hydrogen-bond donors (Lipinski definition) is 2. The summed E-state index contributed by atoms with van der Waals surface area (Å²) in [6.07, 6.45) is 4.79. The largest absolute Gasteiger partial charge is 0.273 e. The lowest BCUT2D eigenvalue weighted by Gasteiger charge is -2.17. The fourth-order valence-electron chi connectivity index (χ4n) is 1.96. The van der Waals surface area contributed by atoms with Gasteiger partial charge in [-0.1, -0.05) is 15.9 Å². The van der Waals surface area contributed by atoms with Crippen LogP contribution in [-0.2, 0) is 13.0 Å². The lowest BCUT2D eigenvalue weighted by Crippen LogP contribution is -2.30. The molecule has 3 N–H and O–H groups in total. The van der Waals surface area contributed by atoms with E-state index in [2.05, 4.69) is 74.3 Å². The van der Waals surface area contributed by atoms with Crippen molar-refractivity contribution >= 4 is 38.5 Å². The van der Waals surface area contributed by atoms with Gasteiger partial charge in [0.25, 0.3) is 0 Å². The summed E-state index contributed by atoms with van der Waals surface area (Å²) in [6, 6.07) is 6.31. The van der Waals surface area contributed by atoms with Crippen molar-refractivity contribution in [2.75, 3.05) is 0 Å². The number of aryl methyl sites for hydroxylation is 1. The minimum atomic E-state index is 0.0823. The van der Waals surface area contributed by atoms with Crippen LogP contribution < -0.4 is 11.3 Å². The van der Waals surface area contributed by atoms with Crippen LogP contribution in [0.15, 0.2) is 35.1 Å². The molecule has 0 radical (unpaired) electrons. The Morgan fingerprint density at radius 3 is 2.95 bits per heavy atom. The van der Waals surface area contributed by atoms with Gasteiger partial charge in [0, 0.05) is 20.8 Å². The van der Waals surface area contributed by atoms with Crippen LogP contribution >= 0.6 is 38.5 Å². The topological polar surface area (TPSA) is 55.9 Å². The van der Waals surface area contributed by atoms with E-state index in [9.17, 15) is 0 Å². The molecule has 0 aliphatic carbocycles. The molecular formula is C13H16BrIN4. The van der Waals surface area contributed by atoms with Gasteiger partial charge in [-0.05, 0) is 65.3 Å². The molecule has 0 aliphatic heterocycles. The number of rotatable bonds is 5. The van der Waals surface area contributed by atoms with Crippen molar-refractivity contribution in [3.05, 3.63) is 49.8 Å². The summed E-state index contributed by atoms with van der Waals surface area (Å²) >= 11 is 5.84. The van der Waals surface area contributed by atoms with E-state index in [4.69, 9.17) is 5.84 Å². The van der Waals surface area contributed by atoms with Crippen LogP contribution in [0.1, 0.15) is 24.1 Å². The first-order chi connectivity index (χ1) is 9.13. The third kappa shape index (κ3) is 3.77. The minimum absolute atomic E-state index is 0.0823. The maximum atomic E-state index is 5.72. The Kier molecular flexibility index (Phi) is 5.37. The molecule has 0 bridgehead atoms. The van der Waals surface area contributed by atoms with Crippen molar-refractivity contribution in [1.29, 1.82) is 0 Å². The molecule has 1 unspecified atom stereocenters. The van der Waals surface area contributed by atoms with Crippen LogP contribution in [0.25, 0.3) is 0 Å². The Labute approximate surface area is 135 Å². The summed E-state index contributed by atoms with van der Waals surface area (Å²) in [5.41, 5.74) is 5.28.